The van der Waals surface area contributed by atoms with E-state index in [0.29, 0.717) is 17.2 Å². The molecular weight excluding hydrogens is 350 g/mol. The molecule has 0 radical (unpaired) electrons. The van der Waals surface area contributed by atoms with Crippen molar-refractivity contribution in [3.05, 3.63) is 22.0 Å². The summed E-state index contributed by atoms with van der Waals surface area (Å²) in [6, 6.07) is -0.266. The zero-order valence-corrected chi connectivity index (χ0v) is 14.8. The van der Waals surface area contributed by atoms with Crippen LogP contribution in [0.15, 0.2) is 0 Å². The summed E-state index contributed by atoms with van der Waals surface area (Å²) in [5.74, 6) is -0.0870. The van der Waals surface area contributed by atoms with Crippen molar-refractivity contribution in [3.63, 3.8) is 0 Å². The van der Waals surface area contributed by atoms with Gasteiger partial charge < -0.3 is 0 Å². The molecule has 24 heavy (non-hydrogen) atoms. The van der Waals surface area contributed by atoms with E-state index in [1.54, 1.807) is 4.68 Å². The molecule has 8 nitrogen and oxygen atoms in total. The minimum atomic E-state index is -3.05. The van der Waals surface area contributed by atoms with Gasteiger partial charge in [0.25, 0.3) is 5.91 Å². The zero-order valence-electron chi connectivity index (χ0n) is 13.2. The Balaban J connectivity index is 1.69. The van der Waals surface area contributed by atoms with Crippen LogP contribution in [-0.2, 0) is 22.7 Å². The average Bonchev–Trinajstić information content (AvgIpc) is 3.22. The van der Waals surface area contributed by atoms with Crippen LogP contribution in [0.2, 0.25) is 0 Å². The maximum Gasteiger partial charge on any atom is 0.276 e. The van der Waals surface area contributed by atoms with Crippen LogP contribution >= 0.6 is 11.3 Å². The third kappa shape index (κ3) is 2.73. The fourth-order valence-electron chi connectivity index (χ4n) is 3.39. The number of amides is 1. The number of hydrogen-bond acceptors (Lipinski definition) is 7. The normalized spacial score (nSPS) is 21.8. The van der Waals surface area contributed by atoms with Gasteiger partial charge in [0.05, 0.1) is 23.2 Å². The van der Waals surface area contributed by atoms with Crippen LogP contribution in [0.5, 0.6) is 0 Å². The van der Waals surface area contributed by atoms with E-state index in [0.717, 1.165) is 35.5 Å². The first-order valence-electron chi connectivity index (χ1n) is 7.85. The van der Waals surface area contributed by atoms with E-state index in [-0.39, 0.29) is 23.5 Å². The number of carbonyl (C=O) groups excluding carboxylic acids is 1. The second-order valence-corrected chi connectivity index (χ2v) is 9.62. The van der Waals surface area contributed by atoms with Crippen LogP contribution in [0.4, 0.5) is 5.13 Å². The van der Waals surface area contributed by atoms with Gasteiger partial charge in [0.1, 0.15) is 10.7 Å². The van der Waals surface area contributed by atoms with Gasteiger partial charge in [0, 0.05) is 5.56 Å². The lowest BCUT2D eigenvalue weighted by Crippen LogP contribution is -2.23. The van der Waals surface area contributed by atoms with Gasteiger partial charge in [-0.2, -0.15) is 5.10 Å². The second-order valence-electron chi connectivity index (χ2n) is 6.21. The lowest BCUT2D eigenvalue weighted by molar-refractivity contribution is 0.101. The van der Waals surface area contributed by atoms with Gasteiger partial charge >= 0.3 is 0 Å². The van der Waals surface area contributed by atoms with Crippen LogP contribution in [0.25, 0.3) is 0 Å². The monoisotopic (exact) mass is 367 g/mol. The van der Waals surface area contributed by atoms with Crippen LogP contribution in [0.1, 0.15) is 45.6 Å². The van der Waals surface area contributed by atoms with Gasteiger partial charge in [-0.25, -0.2) is 8.42 Å². The Bertz CT molecular complexity index is 915. The van der Waals surface area contributed by atoms with Gasteiger partial charge in [-0.1, -0.05) is 11.3 Å². The summed E-state index contributed by atoms with van der Waals surface area (Å²) in [6.45, 7) is 1.82. The van der Waals surface area contributed by atoms with Crippen molar-refractivity contribution in [2.45, 2.75) is 38.6 Å². The molecule has 0 spiro atoms. The van der Waals surface area contributed by atoms with Crippen LogP contribution < -0.4 is 5.32 Å². The number of nitrogens with zero attached hydrogens (tertiary/aromatic N) is 4. The molecule has 1 amide bonds. The highest BCUT2D eigenvalue weighted by Gasteiger charge is 2.35. The number of aryl methyl sites for hydroxylation is 2. The molecule has 1 aliphatic heterocycles. The topological polar surface area (TPSA) is 107 Å². The van der Waals surface area contributed by atoms with Crippen molar-refractivity contribution in [1.82, 2.24) is 20.0 Å². The van der Waals surface area contributed by atoms with Gasteiger partial charge in [0.2, 0.25) is 5.13 Å². The molecule has 1 atom stereocenters. The van der Waals surface area contributed by atoms with Gasteiger partial charge in [0.15, 0.2) is 9.84 Å². The lowest BCUT2D eigenvalue weighted by atomic mass is 10.1. The molecule has 2 aromatic rings. The van der Waals surface area contributed by atoms with Crippen molar-refractivity contribution in [2.24, 2.45) is 0 Å². The number of anilines is 1. The SMILES string of the molecule is Cc1nnc(NC(=O)c2c3c(nn2[C@H]2CCS(=O)(=O)C2)CCC3)s1. The predicted molar refractivity (Wildman–Crippen MR) is 89.2 cm³/mol. The Morgan fingerprint density at radius 3 is 2.83 bits per heavy atom. The lowest BCUT2D eigenvalue weighted by Gasteiger charge is -2.13. The number of rotatable bonds is 3. The van der Waals surface area contributed by atoms with E-state index in [1.807, 2.05) is 6.92 Å². The molecule has 10 heteroatoms. The molecule has 3 heterocycles. The third-order valence-corrected chi connectivity index (χ3v) is 6.95. The summed E-state index contributed by atoms with van der Waals surface area (Å²) in [5.41, 5.74) is 2.34. The first-order chi connectivity index (χ1) is 11.4. The molecule has 0 bridgehead atoms. The maximum absolute atomic E-state index is 12.8. The van der Waals surface area contributed by atoms with E-state index in [1.165, 1.54) is 11.3 Å². The summed E-state index contributed by atoms with van der Waals surface area (Å²) >= 11 is 1.30. The minimum Gasteiger partial charge on any atom is -0.295 e. The Morgan fingerprint density at radius 2 is 2.17 bits per heavy atom. The largest absolute Gasteiger partial charge is 0.295 e. The van der Waals surface area contributed by atoms with E-state index in [2.05, 4.69) is 20.6 Å². The van der Waals surface area contributed by atoms with E-state index in [9.17, 15) is 13.2 Å². The number of carbonyl (C=O) groups is 1. The van der Waals surface area contributed by atoms with Crippen LogP contribution in [0, 0.1) is 6.92 Å². The van der Waals surface area contributed by atoms with E-state index in [4.69, 9.17) is 0 Å². The van der Waals surface area contributed by atoms with Crippen molar-refractivity contribution < 1.29 is 13.2 Å². The summed E-state index contributed by atoms with van der Waals surface area (Å²) in [7, 11) is -3.05. The molecule has 0 saturated carbocycles. The Hall–Kier alpha value is -1.81. The Morgan fingerprint density at radius 1 is 1.33 bits per heavy atom. The minimum absolute atomic E-state index is 0.0474. The molecule has 128 valence electrons. The van der Waals surface area contributed by atoms with Crippen LogP contribution in [-0.4, -0.2) is 45.8 Å². The zero-order chi connectivity index (χ0) is 16.9. The predicted octanol–water partition coefficient (Wildman–Crippen LogP) is 1.14. The molecule has 1 aliphatic carbocycles. The fraction of sp³-hybridized carbons (Fsp3) is 0.571. The van der Waals surface area contributed by atoms with Crippen molar-refractivity contribution in [1.29, 1.82) is 0 Å². The summed E-state index contributed by atoms with van der Waals surface area (Å²) < 4.78 is 25.2. The maximum atomic E-state index is 12.8. The molecule has 2 aromatic heterocycles. The molecule has 1 N–H and O–H groups in total. The number of hydrogen-bond donors (Lipinski definition) is 1. The molecule has 4 rings (SSSR count). The fourth-order valence-corrected chi connectivity index (χ4v) is 5.67. The molecule has 0 unspecified atom stereocenters. The van der Waals surface area contributed by atoms with E-state index >= 15 is 0 Å². The van der Waals surface area contributed by atoms with Crippen molar-refractivity contribution in [2.75, 3.05) is 16.8 Å². The number of aromatic nitrogens is 4. The summed E-state index contributed by atoms with van der Waals surface area (Å²) in [6.07, 6.45) is 3.10. The highest BCUT2D eigenvalue weighted by Crippen LogP contribution is 2.31. The second kappa shape index (κ2) is 5.62. The highest BCUT2D eigenvalue weighted by molar-refractivity contribution is 7.91. The average molecular weight is 367 g/mol. The van der Waals surface area contributed by atoms with Crippen molar-refractivity contribution >= 4 is 32.2 Å². The summed E-state index contributed by atoms with van der Waals surface area (Å²) in [5, 5.41) is 16.4. The Kier molecular flexibility index (Phi) is 3.68. The first kappa shape index (κ1) is 15.7. The number of nitrogens with one attached hydrogen (secondary N) is 1. The molecule has 1 saturated heterocycles. The van der Waals surface area contributed by atoms with Gasteiger partial charge in [-0.05, 0) is 32.6 Å². The molecular formula is C14H17N5O3S2. The first-order valence-corrected chi connectivity index (χ1v) is 10.5. The quantitative estimate of drug-likeness (QED) is 0.872. The number of fused-ring (bicyclic) bond motifs is 1. The van der Waals surface area contributed by atoms with E-state index < -0.39 is 9.84 Å². The Labute approximate surface area is 143 Å². The number of sulfone groups is 1. The highest BCUT2D eigenvalue weighted by atomic mass is 32.2. The smallest absolute Gasteiger partial charge is 0.276 e. The summed E-state index contributed by atoms with van der Waals surface area (Å²) in [4.78, 5) is 12.8. The molecule has 1 fully saturated rings. The van der Waals surface area contributed by atoms with Crippen molar-refractivity contribution in [3.8, 4) is 0 Å². The van der Waals surface area contributed by atoms with Gasteiger partial charge in [-0.15, -0.1) is 10.2 Å². The van der Waals surface area contributed by atoms with Gasteiger partial charge in [-0.3, -0.25) is 14.8 Å². The standard InChI is InChI=1S/C14H17N5O3S2/c1-8-16-17-14(23-8)15-13(20)12-10-3-2-4-11(10)18-19(12)9-5-6-24(21,22)7-9/h9H,2-7H2,1H3,(H,15,17,20)/t9-/m0/s1. The van der Waals surface area contributed by atoms with Crippen LogP contribution in [0.3, 0.4) is 0 Å². The third-order valence-electron chi connectivity index (χ3n) is 4.45. The molecule has 2 aliphatic rings. The molecule has 0 aromatic carbocycles.